The topological polar surface area (TPSA) is 55.4 Å². The molecule has 0 bridgehead atoms. The molecule has 4 nitrogen and oxygen atoms in total. The van der Waals surface area contributed by atoms with E-state index >= 15 is 0 Å². The standard InChI is InChI=1S/C17H20F3NO3/c1-11(2)15(3,12-9-7-6-8-10-12)16(4,14(23)24-5)21-13(22)17(18,19)20/h6-10H,1H2,2-5H3,(H,21,22)/t15-,16+/m0/s1. The Bertz CT molecular complexity index is 642. The van der Waals surface area contributed by atoms with Crippen molar-refractivity contribution in [1.82, 2.24) is 5.32 Å². The predicted octanol–water partition coefficient (Wildman–Crippen LogP) is 3.13. The highest BCUT2D eigenvalue weighted by Gasteiger charge is 2.56. The summed E-state index contributed by atoms with van der Waals surface area (Å²) < 4.78 is 42.9. The molecular weight excluding hydrogens is 323 g/mol. The van der Waals surface area contributed by atoms with Crippen molar-refractivity contribution in [1.29, 1.82) is 0 Å². The highest BCUT2D eigenvalue weighted by atomic mass is 19.4. The van der Waals surface area contributed by atoms with Gasteiger partial charge in [0.1, 0.15) is 5.54 Å². The van der Waals surface area contributed by atoms with Crippen LogP contribution in [0.25, 0.3) is 0 Å². The lowest BCUT2D eigenvalue weighted by Gasteiger charge is -2.45. The maximum absolute atomic E-state index is 12.8. The van der Waals surface area contributed by atoms with Gasteiger partial charge < -0.3 is 10.1 Å². The summed E-state index contributed by atoms with van der Waals surface area (Å²) in [4.78, 5) is 23.9. The third-order valence-electron chi connectivity index (χ3n) is 4.42. The molecule has 1 amide bonds. The molecule has 24 heavy (non-hydrogen) atoms. The maximum Gasteiger partial charge on any atom is 0.471 e. The first-order valence-corrected chi connectivity index (χ1v) is 7.10. The van der Waals surface area contributed by atoms with Crippen molar-refractivity contribution >= 4 is 11.9 Å². The van der Waals surface area contributed by atoms with E-state index in [-0.39, 0.29) is 0 Å². The molecule has 0 spiro atoms. The van der Waals surface area contributed by atoms with E-state index in [0.717, 1.165) is 7.11 Å². The van der Waals surface area contributed by atoms with E-state index in [9.17, 15) is 22.8 Å². The Morgan fingerprint density at radius 1 is 1.12 bits per heavy atom. The van der Waals surface area contributed by atoms with E-state index in [1.807, 2.05) is 0 Å². The fourth-order valence-electron chi connectivity index (χ4n) is 2.62. The molecule has 0 fully saturated rings. The van der Waals surface area contributed by atoms with Crippen molar-refractivity contribution in [2.24, 2.45) is 0 Å². The maximum atomic E-state index is 12.8. The second kappa shape index (κ2) is 6.67. The molecule has 1 aromatic rings. The highest BCUT2D eigenvalue weighted by molar-refractivity contribution is 5.92. The van der Waals surface area contributed by atoms with Gasteiger partial charge in [-0.2, -0.15) is 13.2 Å². The van der Waals surface area contributed by atoms with Crippen LogP contribution in [0.1, 0.15) is 26.3 Å². The van der Waals surface area contributed by atoms with Gasteiger partial charge >= 0.3 is 18.1 Å². The first-order valence-electron chi connectivity index (χ1n) is 7.10. The number of rotatable bonds is 5. The molecule has 2 atom stereocenters. The fraction of sp³-hybridized carbons (Fsp3) is 0.412. The molecular formula is C17H20F3NO3. The number of esters is 1. The smallest absolute Gasteiger partial charge is 0.467 e. The molecule has 0 aliphatic heterocycles. The van der Waals surface area contributed by atoms with Crippen molar-refractivity contribution in [2.45, 2.75) is 37.9 Å². The Morgan fingerprint density at radius 3 is 2.00 bits per heavy atom. The van der Waals surface area contributed by atoms with Crippen LogP contribution in [0.5, 0.6) is 0 Å². The van der Waals surface area contributed by atoms with Gasteiger partial charge in [-0.25, -0.2) is 4.79 Å². The number of carbonyl (C=O) groups is 2. The quantitative estimate of drug-likeness (QED) is 0.660. The molecule has 0 saturated carbocycles. The summed E-state index contributed by atoms with van der Waals surface area (Å²) in [5, 5.41) is 1.81. The SMILES string of the molecule is C=C(C)[C@@](C)(c1ccccc1)[C@](C)(NC(=O)C(F)(F)F)C(=O)OC. The highest BCUT2D eigenvalue weighted by Crippen LogP contribution is 2.42. The van der Waals surface area contributed by atoms with Crippen LogP contribution in [-0.2, 0) is 19.7 Å². The van der Waals surface area contributed by atoms with Crippen LogP contribution >= 0.6 is 0 Å². The monoisotopic (exact) mass is 343 g/mol. The number of methoxy groups -OCH3 is 1. The van der Waals surface area contributed by atoms with Gasteiger partial charge in [-0.3, -0.25) is 4.79 Å². The first kappa shape index (κ1) is 19.7. The summed E-state index contributed by atoms with van der Waals surface area (Å²) in [6.45, 7) is 8.13. The Labute approximate surface area is 138 Å². The number of alkyl halides is 3. The van der Waals surface area contributed by atoms with Gasteiger partial charge in [0.2, 0.25) is 0 Å². The van der Waals surface area contributed by atoms with E-state index in [2.05, 4.69) is 11.3 Å². The van der Waals surface area contributed by atoms with E-state index in [1.54, 1.807) is 42.6 Å². The van der Waals surface area contributed by atoms with Gasteiger partial charge in [-0.1, -0.05) is 42.5 Å². The van der Waals surface area contributed by atoms with Crippen LogP contribution < -0.4 is 5.32 Å². The number of ether oxygens (including phenoxy) is 1. The summed E-state index contributed by atoms with van der Waals surface area (Å²) in [6, 6.07) is 8.39. The van der Waals surface area contributed by atoms with Crippen molar-refractivity contribution in [3.8, 4) is 0 Å². The zero-order valence-corrected chi connectivity index (χ0v) is 14.0. The number of halogens is 3. The number of hydrogen-bond acceptors (Lipinski definition) is 3. The fourth-order valence-corrected chi connectivity index (χ4v) is 2.62. The summed E-state index contributed by atoms with van der Waals surface area (Å²) >= 11 is 0. The van der Waals surface area contributed by atoms with Gasteiger partial charge in [0.25, 0.3) is 0 Å². The van der Waals surface area contributed by atoms with Crippen LogP contribution in [0.2, 0.25) is 0 Å². The number of hydrogen-bond donors (Lipinski definition) is 1. The molecule has 1 rings (SSSR count). The van der Waals surface area contributed by atoms with Crippen molar-refractivity contribution in [3.63, 3.8) is 0 Å². The third kappa shape index (κ3) is 3.29. The average Bonchev–Trinajstić information content (AvgIpc) is 2.52. The predicted molar refractivity (Wildman–Crippen MR) is 83.2 cm³/mol. The molecule has 0 radical (unpaired) electrons. The number of carbonyl (C=O) groups excluding carboxylic acids is 2. The summed E-state index contributed by atoms with van der Waals surface area (Å²) in [7, 11) is 1.05. The van der Waals surface area contributed by atoms with Gasteiger partial charge in [0.05, 0.1) is 7.11 Å². The lowest BCUT2D eigenvalue weighted by atomic mass is 9.63. The van der Waals surface area contributed by atoms with Crippen LogP contribution in [-0.4, -0.2) is 30.7 Å². The Hall–Kier alpha value is -2.31. The van der Waals surface area contributed by atoms with Crippen molar-refractivity contribution in [2.75, 3.05) is 7.11 Å². The van der Waals surface area contributed by atoms with Gasteiger partial charge in [0, 0.05) is 5.41 Å². The van der Waals surface area contributed by atoms with E-state index in [0.29, 0.717) is 11.1 Å². The normalized spacial score (nSPS) is 16.5. The van der Waals surface area contributed by atoms with Crippen LogP contribution in [0.3, 0.4) is 0 Å². The zero-order chi connectivity index (χ0) is 18.8. The number of nitrogens with one attached hydrogen (secondary N) is 1. The lowest BCUT2D eigenvalue weighted by Crippen LogP contribution is -2.66. The minimum Gasteiger partial charge on any atom is -0.467 e. The van der Waals surface area contributed by atoms with Crippen molar-refractivity contribution in [3.05, 3.63) is 48.0 Å². The Kier molecular flexibility index (Phi) is 5.48. The molecule has 7 heteroatoms. The molecule has 0 aromatic heterocycles. The molecule has 0 heterocycles. The van der Waals surface area contributed by atoms with Crippen LogP contribution in [0.15, 0.2) is 42.5 Å². The summed E-state index contributed by atoms with van der Waals surface area (Å²) in [6.07, 6.45) is -5.14. The molecule has 0 saturated heterocycles. The molecule has 132 valence electrons. The summed E-state index contributed by atoms with van der Waals surface area (Å²) in [5.41, 5.74) is -2.43. The molecule has 0 unspecified atom stereocenters. The minimum atomic E-state index is -5.14. The number of benzene rings is 1. The molecule has 1 N–H and O–H groups in total. The zero-order valence-electron chi connectivity index (χ0n) is 14.0. The van der Waals surface area contributed by atoms with Gasteiger partial charge in [-0.05, 0) is 26.3 Å². The lowest BCUT2D eigenvalue weighted by molar-refractivity contribution is -0.179. The minimum absolute atomic E-state index is 0.393. The summed E-state index contributed by atoms with van der Waals surface area (Å²) in [5.74, 6) is -3.23. The van der Waals surface area contributed by atoms with Crippen molar-refractivity contribution < 1.29 is 27.5 Å². The second-order valence-corrected chi connectivity index (χ2v) is 5.84. The Morgan fingerprint density at radius 2 is 1.62 bits per heavy atom. The third-order valence-corrected chi connectivity index (χ3v) is 4.42. The van der Waals surface area contributed by atoms with E-state index in [1.165, 1.54) is 13.8 Å². The van der Waals surface area contributed by atoms with Gasteiger partial charge in [-0.15, -0.1) is 0 Å². The first-order chi connectivity index (χ1) is 10.9. The molecule has 1 aromatic carbocycles. The van der Waals surface area contributed by atoms with E-state index in [4.69, 9.17) is 0 Å². The number of amides is 1. The van der Waals surface area contributed by atoms with Crippen LogP contribution in [0.4, 0.5) is 13.2 Å². The van der Waals surface area contributed by atoms with E-state index < -0.39 is 29.0 Å². The van der Waals surface area contributed by atoms with Crippen LogP contribution in [0, 0.1) is 0 Å². The van der Waals surface area contributed by atoms with Gasteiger partial charge in [0.15, 0.2) is 0 Å². The molecule has 0 aliphatic rings. The largest absolute Gasteiger partial charge is 0.471 e. The second-order valence-electron chi connectivity index (χ2n) is 5.84. The average molecular weight is 343 g/mol. The Balaban J connectivity index is 3.59. The molecule has 0 aliphatic carbocycles.